The zero-order chi connectivity index (χ0) is 6.85. The molecule has 0 spiro atoms. The first kappa shape index (κ1) is 6.49. The lowest BCUT2D eigenvalue weighted by atomic mass is 10.3. The van der Waals surface area contributed by atoms with E-state index in [0.717, 1.165) is 11.6 Å². The second kappa shape index (κ2) is 2.31. The lowest BCUT2D eigenvalue weighted by molar-refractivity contribution is 0.495. The minimum absolute atomic E-state index is 0.716. The van der Waals surface area contributed by atoms with E-state index in [-0.39, 0.29) is 0 Å². The van der Waals surface area contributed by atoms with Crippen LogP contribution in [0.1, 0.15) is 0 Å². The van der Waals surface area contributed by atoms with Crippen molar-refractivity contribution >= 4 is 11.6 Å². The predicted octanol–water partition coefficient (Wildman–Crippen LogP) is 0.855. The highest BCUT2D eigenvalue weighted by atomic mass is 35.5. The predicted molar refractivity (Wildman–Crippen MR) is 38.8 cm³/mol. The Morgan fingerprint density at radius 1 is 1.78 bits per heavy atom. The summed E-state index contributed by atoms with van der Waals surface area (Å²) < 4.78 is 0. The van der Waals surface area contributed by atoms with E-state index in [1.165, 1.54) is 0 Å². The summed E-state index contributed by atoms with van der Waals surface area (Å²) in [4.78, 5) is 1.94. The zero-order valence-corrected chi connectivity index (χ0v) is 6.02. The fraction of sp³-hybridized carbons (Fsp3) is 0.333. The minimum atomic E-state index is 0.716. The van der Waals surface area contributed by atoms with E-state index in [2.05, 4.69) is 0 Å². The van der Waals surface area contributed by atoms with Crippen LogP contribution in [0, 0.1) is 0 Å². The fourth-order valence-corrected chi connectivity index (χ4v) is 1.12. The summed E-state index contributed by atoms with van der Waals surface area (Å²) in [6, 6.07) is 0. The van der Waals surface area contributed by atoms with Crippen molar-refractivity contribution in [2.75, 3.05) is 13.6 Å². The van der Waals surface area contributed by atoms with Crippen molar-refractivity contribution < 1.29 is 0 Å². The van der Waals surface area contributed by atoms with Gasteiger partial charge in [0.15, 0.2) is 0 Å². The number of nitrogens with two attached hydrogens (primary N) is 1. The molecule has 1 aliphatic heterocycles. The number of hydrogen-bond acceptors (Lipinski definition) is 2. The number of hydrogen-bond donors (Lipinski definition) is 1. The first-order chi connectivity index (χ1) is 4.18. The van der Waals surface area contributed by atoms with Gasteiger partial charge in [-0.15, -0.1) is 0 Å². The van der Waals surface area contributed by atoms with E-state index in [1.807, 2.05) is 18.1 Å². The summed E-state index contributed by atoms with van der Waals surface area (Å²) in [7, 11) is 1.93. The van der Waals surface area contributed by atoms with E-state index in [4.69, 9.17) is 17.3 Å². The summed E-state index contributed by atoms with van der Waals surface area (Å²) in [5, 5.41) is 0.789. The molecule has 0 fully saturated rings. The highest BCUT2D eigenvalue weighted by molar-refractivity contribution is 6.30. The SMILES string of the molecule is CN1C=C(N)C=C(Cl)C1. The minimum Gasteiger partial charge on any atom is -0.398 e. The Labute approximate surface area is 59.6 Å². The monoisotopic (exact) mass is 144 g/mol. The van der Waals surface area contributed by atoms with Crippen molar-refractivity contribution in [2.45, 2.75) is 0 Å². The number of allylic oxidation sites excluding steroid dienone is 1. The largest absolute Gasteiger partial charge is 0.398 e. The molecular weight excluding hydrogens is 136 g/mol. The van der Waals surface area contributed by atoms with Gasteiger partial charge in [0.1, 0.15) is 0 Å². The first-order valence-corrected chi connectivity index (χ1v) is 3.10. The van der Waals surface area contributed by atoms with Gasteiger partial charge in [-0.1, -0.05) is 11.6 Å². The zero-order valence-electron chi connectivity index (χ0n) is 5.26. The van der Waals surface area contributed by atoms with Gasteiger partial charge in [0.25, 0.3) is 0 Å². The third-order valence-electron chi connectivity index (χ3n) is 1.09. The molecule has 2 nitrogen and oxygen atoms in total. The van der Waals surface area contributed by atoms with Crippen molar-refractivity contribution in [1.82, 2.24) is 4.90 Å². The standard InChI is InChI=1S/C6H9ClN2/c1-9-3-5(7)2-6(8)4-9/h2,4H,3,8H2,1H3. The molecule has 0 amide bonds. The number of halogens is 1. The molecule has 0 saturated carbocycles. The van der Waals surface area contributed by atoms with Crippen LogP contribution in [-0.4, -0.2) is 18.5 Å². The molecule has 1 aliphatic rings. The lowest BCUT2D eigenvalue weighted by Crippen LogP contribution is -2.18. The van der Waals surface area contributed by atoms with Crippen molar-refractivity contribution in [2.24, 2.45) is 5.73 Å². The quantitative estimate of drug-likeness (QED) is 0.547. The van der Waals surface area contributed by atoms with E-state index in [0.29, 0.717) is 5.70 Å². The molecule has 0 unspecified atom stereocenters. The Balaban J connectivity index is 2.74. The van der Waals surface area contributed by atoms with Crippen LogP contribution in [0.4, 0.5) is 0 Å². The van der Waals surface area contributed by atoms with Gasteiger partial charge >= 0.3 is 0 Å². The molecule has 0 aromatic heterocycles. The average Bonchev–Trinajstić information content (AvgIpc) is 1.59. The summed E-state index contributed by atoms with van der Waals surface area (Å²) in [6.45, 7) is 0.766. The van der Waals surface area contributed by atoms with Crippen molar-refractivity contribution in [3.63, 3.8) is 0 Å². The van der Waals surface area contributed by atoms with Gasteiger partial charge in [0.05, 0.1) is 6.54 Å². The maximum atomic E-state index is 5.70. The smallest absolute Gasteiger partial charge is 0.0529 e. The highest BCUT2D eigenvalue weighted by Gasteiger charge is 2.02. The summed E-state index contributed by atoms with van der Waals surface area (Å²) in [6.07, 6.45) is 3.62. The third kappa shape index (κ3) is 1.64. The lowest BCUT2D eigenvalue weighted by Gasteiger charge is -2.17. The molecule has 3 heteroatoms. The molecule has 50 valence electrons. The third-order valence-corrected chi connectivity index (χ3v) is 1.32. The molecular formula is C6H9ClN2. The van der Waals surface area contributed by atoms with Crippen LogP contribution >= 0.6 is 11.6 Å². The van der Waals surface area contributed by atoms with E-state index in [9.17, 15) is 0 Å². The summed E-state index contributed by atoms with van der Waals surface area (Å²) >= 11 is 5.70. The fourth-order valence-electron chi connectivity index (χ4n) is 0.802. The first-order valence-electron chi connectivity index (χ1n) is 2.72. The Bertz CT molecular complexity index is 172. The Morgan fingerprint density at radius 3 is 2.89 bits per heavy atom. The second-order valence-corrected chi connectivity index (χ2v) is 2.62. The van der Waals surface area contributed by atoms with Gasteiger partial charge in [0, 0.05) is 24.0 Å². The number of nitrogens with zero attached hydrogens (tertiary/aromatic N) is 1. The summed E-state index contributed by atoms with van der Waals surface area (Å²) in [5.41, 5.74) is 6.19. The average molecular weight is 145 g/mol. The number of likely N-dealkylation sites (N-methyl/N-ethyl adjacent to an activating group) is 1. The van der Waals surface area contributed by atoms with Crippen LogP contribution in [0.5, 0.6) is 0 Å². The number of rotatable bonds is 0. The molecule has 0 saturated heterocycles. The molecule has 0 aromatic carbocycles. The second-order valence-electron chi connectivity index (χ2n) is 2.14. The van der Waals surface area contributed by atoms with Gasteiger partial charge in [-0.05, 0) is 6.08 Å². The maximum Gasteiger partial charge on any atom is 0.0529 e. The molecule has 0 bridgehead atoms. The molecule has 1 rings (SSSR count). The van der Waals surface area contributed by atoms with Crippen LogP contribution in [0.3, 0.4) is 0 Å². The molecule has 9 heavy (non-hydrogen) atoms. The van der Waals surface area contributed by atoms with Gasteiger partial charge < -0.3 is 10.6 Å². The van der Waals surface area contributed by atoms with Crippen molar-refractivity contribution in [1.29, 1.82) is 0 Å². The van der Waals surface area contributed by atoms with Crippen LogP contribution in [0.2, 0.25) is 0 Å². The van der Waals surface area contributed by atoms with Gasteiger partial charge in [-0.25, -0.2) is 0 Å². The van der Waals surface area contributed by atoms with Crippen LogP contribution in [-0.2, 0) is 0 Å². The highest BCUT2D eigenvalue weighted by Crippen LogP contribution is 2.11. The van der Waals surface area contributed by atoms with Gasteiger partial charge in [0.2, 0.25) is 0 Å². The molecule has 0 aromatic rings. The summed E-state index contributed by atoms with van der Waals surface area (Å²) in [5.74, 6) is 0. The molecule has 0 atom stereocenters. The van der Waals surface area contributed by atoms with Crippen LogP contribution < -0.4 is 5.73 Å². The maximum absolute atomic E-state index is 5.70. The van der Waals surface area contributed by atoms with Crippen LogP contribution in [0.15, 0.2) is 23.0 Å². The van der Waals surface area contributed by atoms with E-state index in [1.54, 1.807) is 6.08 Å². The Morgan fingerprint density at radius 2 is 2.44 bits per heavy atom. The Kier molecular flexibility index (Phi) is 1.67. The molecule has 2 N–H and O–H groups in total. The topological polar surface area (TPSA) is 29.3 Å². The van der Waals surface area contributed by atoms with Gasteiger partial charge in [-0.2, -0.15) is 0 Å². The van der Waals surface area contributed by atoms with E-state index < -0.39 is 0 Å². The molecule has 1 heterocycles. The Hall–Kier alpha value is -0.630. The normalized spacial score (nSPS) is 19.1. The van der Waals surface area contributed by atoms with Crippen LogP contribution in [0.25, 0.3) is 0 Å². The van der Waals surface area contributed by atoms with Gasteiger partial charge in [-0.3, -0.25) is 0 Å². The van der Waals surface area contributed by atoms with Crippen molar-refractivity contribution in [3.8, 4) is 0 Å². The van der Waals surface area contributed by atoms with Crippen molar-refractivity contribution in [3.05, 3.63) is 23.0 Å². The van der Waals surface area contributed by atoms with E-state index >= 15 is 0 Å². The molecule has 0 radical (unpaired) electrons. The molecule has 0 aliphatic carbocycles.